The van der Waals surface area contributed by atoms with E-state index in [4.69, 9.17) is 15.2 Å². The van der Waals surface area contributed by atoms with Crippen LogP contribution in [-0.2, 0) is 46.4 Å². The number of phenolic OH excluding ortho intramolecular Hbond substituents is 1. The first-order valence-corrected chi connectivity index (χ1v) is 16.8. The Bertz CT molecular complexity index is 1670. The van der Waals surface area contributed by atoms with Gasteiger partial charge in [-0.3, -0.25) is 33.7 Å². The molecule has 1 aromatic rings. The van der Waals surface area contributed by atoms with Gasteiger partial charge in [0.25, 0.3) is 0 Å². The van der Waals surface area contributed by atoms with Crippen molar-refractivity contribution >= 4 is 46.8 Å². The quantitative estimate of drug-likeness (QED) is 0.198. The minimum Gasteiger partial charge on any atom is -0.507 e. The summed E-state index contributed by atoms with van der Waals surface area (Å²) in [6, 6.07) is 0.431. The molecule has 2 amide bonds. The standard InChI is InChI=1S/C36H50N4O11/c1-34(2,3)15-40(33(48)51-16-50-32(47)35(4,5)6)14-18-13-21(38(7)8)19-11-17-12-20-25(39(9)10)28(43)24(31(37)46)30(45)36(20,49)29(44)22(17)27(42)23(19)26(18)41/h13,17,20,22,24-25,41,49H,11-12,14-16H2,1-10H3,(H2,37,46). The lowest BCUT2D eigenvalue weighted by Crippen LogP contribution is -2.74. The Labute approximate surface area is 297 Å². The van der Waals surface area contributed by atoms with Gasteiger partial charge in [0.15, 0.2) is 34.7 Å². The van der Waals surface area contributed by atoms with Gasteiger partial charge < -0.3 is 35.2 Å². The summed E-state index contributed by atoms with van der Waals surface area (Å²) in [5.74, 6) is -12.1. The number of carbonyl (C=O) groups is 7. The van der Waals surface area contributed by atoms with Gasteiger partial charge >= 0.3 is 12.1 Å². The highest BCUT2D eigenvalue weighted by Crippen LogP contribution is 2.52. The van der Waals surface area contributed by atoms with Crippen molar-refractivity contribution in [2.75, 3.05) is 46.4 Å². The fourth-order valence-electron chi connectivity index (χ4n) is 7.63. The van der Waals surface area contributed by atoms with Crippen molar-refractivity contribution in [1.82, 2.24) is 9.80 Å². The number of primary amides is 1. The molecule has 280 valence electrons. The molecule has 15 nitrogen and oxygen atoms in total. The van der Waals surface area contributed by atoms with Crippen LogP contribution in [0.3, 0.4) is 0 Å². The van der Waals surface area contributed by atoms with Crippen LogP contribution in [0, 0.1) is 34.5 Å². The molecule has 0 radical (unpaired) electrons. The minimum absolute atomic E-state index is 0.0791. The van der Waals surface area contributed by atoms with Gasteiger partial charge in [-0.1, -0.05) is 20.8 Å². The lowest BCUT2D eigenvalue weighted by molar-refractivity contribution is -0.181. The minimum atomic E-state index is -2.85. The number of ether oxygens (including phenoxy) is 2. The van der Waals surface area contributed by atoms with E-state index in [1.165, 1.54) is 23.9 Å². The second kappa shape index (κ2) is 13.6. The van der Waals surface area contributed by atoms with E-state index in [0.717, 1.165) is 0 Å². The average molecular weight is 715 g/mol. The number of aromatic hydroxyl groups is 1. The van der Waals surface area contributed by atoms with Crippen LogP contribution in [-0.4, -0.2) is 114 Å². The van der Waals surface area contributed by atoms with Gasteiger partial charge in [-0.05, 0) is 70.7 Å². The number of hydrogen-bond donors (Lipinski definition) is 3. The number of amides is 2. The van der Waals surface area contributed by atoms with Gasteiger partial charge in [0.1, 0.15) is 5.75 Å². The first kappa shape index (κ1) is 39.4. The Morgan fingerprint density at radius 2 is 1.59 bits per heavy atom. The van der Waals surface area contributed by atoms with E-state index in [-0.39, 0.29) is 37.1 Å². The number of phenols is 1. The Balaban J connectivity index is 1.77. The third-order valence-electron chi connectivity index (χ3n) is 9.87. The van der Waals surface area contributed by atoms with Crippen LogP contribution in [0.25, 0.3) is 0 Å². The second-order valence-electron chi connectivity index (χ2n) is 16.6. The SMILES string of the molecule is CN(C)c1cc(CN(CC(C)(C)C)C(=O)OCOC(=O)C(C)(C)C)c(O)c2c1CC1CC3C(N(C)C)C(=O)C(C(N)=O)C(=O)C3(O)C(=O)C1C2=O. The number of carbonyl (C=O) groups excluding carboxylic acids is 7. The molecule has 6 atom stereocenters. The second-order valence-corrected chi connectivity index (χ2v) is 16.6. The molecule has 51 heavy (non-hydrogen) atoms. The molecule has 15 heteroatoms. The number of likely N-dealkylation sites (N-methyl/N-ethyl adjacent to an activating group) is 1. The zero-order valence-corrected chi connectivity index (χ0v) is 31.0. The summed E-state index contributed by atoms with van der Waals surface area (Å²) in [5.41, 5.74) is 2.19. The van der Waals surface area contributed by atoms with Crippen LogP contribution in [0.5, 0.6) is 5.75 Å². The van der Waals surface area contributed by atoms with Crippen molar-refractivity contribution in [3.05, 3.63) is 22.8 Å². The Hall–Kier alpha value is -4.37. The van der Waals surface area contributed by atoms with E-state index in [0.29, 0.717) is 11.3 Å². The van der Waals surface area contributed by atoms with Gasteiger partial charge in [0.05, 0.1) is 29.5 Å². The number of nitrogens with two attached hydrogens (primary N) is 1. The molecule has 2 fully saturated rings. The van der Waals surface area contributed by atoms with E-state index in [9.17, 15) is 43.8 Å². The number of aliphatic hydroxyl groups is 1. The third-order valence-corrected chi connectivity index (χ3v) is 9.87. The largest absolute Gasteiger partial charge is 0.507 e. The number of benzene rings is 1. The Morgan fingerprint density at radius 1 is 0.980 bits per heavy atom. The van der Waals surface area contributed by atoms with Crippen LogP contribution in [0.2, 0.25) is 0 Å². The third kappa shape index (κ3) is 7.10. The molecule has 0 spiro atoms. The molecule has 4 rings (SSSR count). The number of ketones is 4. The lowest BCUT2D eigenvalue weighted by Gasteiger charge is -2.52. The molecular weight excluding hydrogens is 664 g/mol. The number of nitrogens with zero attached hydrogens (tertiary/aromatic N) is 3. The molecule has 6 unspecified atom stereocenters. The summed E-state index contributed by atoms with van der Waals surface area (Å²) in [5, 5.41) is 23.6. The topological polar surface area (TPSA) is 214 Å². The van der Waals surface area contributed by atoms with Gasteiger partial charge in [-0.25, -0.2) is 4.79 Å². The van der Waals surface area contributed by atoms with Crippen molar-refractivity contribution < 1.29 is 53.2 Å². The lowest BCUT2D eigenvalue weighted by atomic mass is 9.52. The normalized spacial score (nSPS) is 26.2. The summed E-state index contributed by atoms with van der Waals surface area (Å²) in [6.07, 6.45) is -0.841. The zero-order valence-electron chi connectivity index (χ0n) is 31.0. The summed E-state index contributed by atoms with van der Waals surface area (Å²) < 4.78 is 10.4. The van der Waals surface area contributed by atoms with E-state index in [1.54, 1.807) is 45.8 Å². The van der Waals surface area contributed by atoms with Gasteiger partial charge in [-0.15, -0.1) is 0 Å². The number of hydrogen-bond acceptors (Lipinski definition) is 13. The molecule has 2 saturated carbocycles. The first-order valence-electron chi connectivity index (χ1n) is 16.8. The van der Waals surface area contributed by atoms with E-state index in [2.05, 4.69) is 0 Å². The maximum Gasteiger partial charge on any atom is 0.412 e. The Kier molecular flexibility index (Phi) is 10.5. The number of Topliss-reactive ketones (excluding diaryl/α,β-unsaturated/α-hetero) is 4. The number of anilines is 1. The highest BCUT2D eigenvalue weighted by molar-refractivity contribution is 6.32. The monoisotopic (exact) mass is 714 g/mol. The predicted octanol–water partition coefficient (Wildman–Crippen LogP) is 1.46. The van der Waals surface area contributed by atoms with Crippen LogP contribution in [0.1, 0.15) is 69.4 Å². The highest BCUT2D eigenvalue weighted by Gasteiger charge is 2.69. The number of esters is 1. The van der Waals surface area contributed by atoms with E-state index in [1.807, 2.05) is 20.8 Å². The van der Waals surface area contributed by atoms with Crippen molar-refractivity contribution in [2.24, 2.45) is 40.2 Å². The van der Waals surface area contributed by atoms with E-state index < -0.39 is 99.8 Å². The summed E-state index contributed by atoms with van der Waals surface area (Å²) >= 11 is 0. The molecule has 0 aliphatic heterocycles. The summed E-state index contributed by atoms with van der Waals surface area (Å²) in [4.78, 5) is 97.9. The fraction of sp³-hybridized carbons (Fsp3) is 0.639. The zero-order chi connectivity index (χ0) is 38.7. The Morgan fingerprint density at radius 3 is 2.10 bits per heavy atom. The van der Waals surface area contributed by atoms with Crippen molar-refractivity contribution in [1.29, 1.82) is 0 Å². The predicted molar refractivity (Wildman–Crippen MR) is 182 cm³/mol. The molecule has 4 N–H and O–H groups in total. The molecule has 0 bridgehead atoms. The van der Waals surface area contributed by atoms with Crippen molar-refractivity contribution in [2.45, 2.75) is 72.6 Å². The molecule has 1 aromatic carbocycles. The molecule has 3 aliphatic carbocycles. The summed E-state index contributed by atoms with van der Waals surface area (Å²) in [7, 11) is 6.51. The number of rotatable bonds is 8. The molecule has 0 saturated heterocycles. The van der Waals surface area contributed by atoms with Gasteiger partial charge in [-0.2, -0.15) is 0 Å². The molecule has 0 heterocycles. The molecule has 0 aromatic heterocycles. The van der Waals surface area contributed by atoms with Crippen LogP contribution < -0.4 is 10.6 Å². The maximum absolute atomic E-state index is 14.4. The van der Waals surface area contributed by atoms with Crippen LogP contribution in [0.15, 0.2) is 6.07 Å². The number of fused-ring (bicyclic) bond motifs is 3. The van der Waals surface area contributed by atoms with Gasteiger partial charge in [0.2, 0.25) is 12.7 Å². The highest BCUT2D eigenvalue weighted by atomic mass is 16.7. The van der Waals surface area contributed by atoms with E-state index >= 15 is 0 Å². The van der Waals surface area contributed by atoms with Crippen molar-refractivity contribution in [3.63, 3.8) is 0 Å². The van der Waals surface area contributed by atoms with Crippen LogP contribution >= 0.6 is 0 Å². The smallest absolute Gasteiger partial charge is 0.412 e. The van der Waals surface area contributed by atoms with Crippen molar-refractivity contribution in [3.8, 4) is 5.75 Å². The fourth-order valence-corrected chi connectivity index (χ4v) is 7.63. The summed E-state index contributed by atoms with van der Waals surface area (Å²) in [6.45, 7) is 9.85. The average Bonchev–Trinajstić information content (AvgIpc) is 2.98. The van der Waals surface area contributed by atoms with Crippen LogP contribution in [0.4, 0.5) is 10.5 Å². The molecular formula is C36H50N4O11. The maximum atomic E-state index is 14.4. The van der Waals surface area contributed by atoms with Gasteiger partial charge in [0, 0.05) is 37.8 Å². The molecule has 3 aliphatic rings. The first-order chi connectivity index (χ1) is 23.3.